The number of nitrogens with zero attached hydrogens (tertiary/aromatic N) is 1. The van der Waals surface area contributed by atoms with Gasteiger partial charge in [0.1, 0.15) is 42.0 Å². The summed E-state index contributed by atoms with van der Waals surface area (Å²) in [4.78, 5) is 16.9. The van der Waals surface area contributed by atoms with Crippen LogP contribution in [0.4, 0.5) is 17.6 Å². The fourth-order valence-electron chi connectivity index (χ4n) is 3.57. The number of rotatable bonds is 5. The van der Waals surface area contributed by atoms with E-state index in [-0.39, 0.29) is 40.5 Å². The average Bonchev–Trinajstić information content (AvgIpc) is 3.32. The van der Waals surface area contributed by atoms with Crippen molar-refractivity contribution in [3.63, 3.8) is 0 Å². The van der Waals surface area contributed by atoms with Crippen molar-refractivity contribution in [1.29, 1.82) is 0 Å². The Morgan fingerprint density at radius 1 is 0.889 bits per heavy atom. The fraction of sp³-hybridized carbons (Fsp3) is 0.0769. The van der Waals surface area contributed by atoms with E-state index in [0.29, 0.717) is 28.3 Å². The molecule has 181 valence electrons. The molecule has 5 rings (SSSR count). The number of fused-ring (bicyclic) bond motifs is 1. The lowest BCUT2D eigenvalue weighted by molar-refractivity contribution is -0.137. The third-order valence-corrected chi connectivity index (χ3v) is 5.32. The monoisotopic (exact) mass is 496 g/mol. The molecule has 6 nitrogen and oxygen atoms in total. The van der Waals surface area contributed by atoms with E-state index in [0.717, 1.165) is 12.1 Å². The van der Waals surface area contributed by atoms with E-state index < -0.39 is 17.6 Å². The van der Waals surface area contributed by atoms with Crippen LogP contribution in [-0.4, -0.2) is 4.98 Å². The van der Waals surface area contributed by atoms with Gasteiger partial charge < -0.3 is 13.6 Å². The van der Waals surface area contributed by atoms with Crippen LogP contribution in [0.25, 0.3) is 33.6 Å². The Balaban J connectivity index is 1.34. The lowest BCUT2D eigenvalue weighted by atomic mass is 10.1. The number of halogens is 4. The number of benzene rings is 3. The predicted molar refractivity (Wildman–Crippen MR) is 119 cm³/mol. The van der Waals surface area contributed by atoms with Crippen LogP contribution in [0.15, 0.2) is 86.8 Å². The van der Waals surface area contributed by atoms with Crippen LogP contribution in [0.5, 0.6) is 11.5 Å². The van der Waals surface area contributed by atoms with Gasteiger partial charge in [0.15, 0.2) is 11.2 Å². The molecule has 5 aromatic rings. The summed E-state index contributed by atoms with van der Waals surface area (Å²) in [5, 5.41) is 11.6. The standard InChI is InChI=1S/C26H14F4NO5/c27-17-8-15(7-16(9-17)26(28,29)30)25-31-18(12-36-25)11-34-20-5-6-21-23(10-20)35-13-22(24(21)33)14-1-3-19(32)4-2-14/h1-10,12-13H,11H2. The number of hydrogen-bond donors (Lipinski definition) is 0. The van der Waals surface area contributed by atoms with E-state index in [2.05, 4.69) is 4.98 Å². The summed E-state index contributed by atoms with van der Waals surface area (Å²) < 4.78 is 69.0. The number of hydrogen-bond acceptors (Lipinski definition) is 5. The van der Waals surface area contributed by atoms with Gasteiger partial charge >= 0.3 is 6.18 Å². The van der Waals surface area contributed by atoms with Crippen LogP contribution < -0.4 is 10.2 Å². The number of alkyl halides is 3. The molecule has 2 aromatic heterocycles. The largest absolute Gasteiger partial charge is 0.487 e. The zero-order chi connectivity index (χ0) is 25.4. The molecule has 0 aliphatic carbocycles. The number of oxazole rings is 1. The van der Waals surface area contributed by atoms with Gasteiger partial charge in [0, 0.05) is 11.6 Å². The van der Waals surface area contributed by atoms with E-state index in [1.165, 1.54) is 48.9 Å². The number of aromatic nitrogens is 1. The van der Waals surface area contributed by atoms with E-state index in [1.807, 2.05) is 0 Å². The molecule has 0 saturated carbocycles. The summed E-state index contributed by atoms with van der Waals surface area (Å²) in [5.41, 5.74) is -0.233. The van der Waals surface area contributed by atoms with E-state index in [1.54, 1.807) is 6.07 Å². The molecule has 36 heavy (non-hydrogen) atoms. The Labute approximate surface area is 200 Å². The van der Waals surface area contributed by atoms with Crippen molar-refractivity contribution < 1.29 is 36.2 Å². The van der Waals surface area contributed by atoms with Crippen molar-refractivity contribution >= 4 is 11.0 Å². The summed E-state index contributed by atoms with van der Waals surface area (Å²) in [7, 11) is 0. The first kappa shape index (κ1) is 23.2. The Morgan fingerprint density at radius 3 is 2.42 bits per heavy atom. The molecule has 0 aliphatic rings. The fourth-order valence-corrected chi connectivity index (χ4v) is 3.57. The quantitative estimate of drug-likeness (QED) is 0.245. The smallest absolute Gasteiger partial charge is 0.416 e. The van der Waals surface area contributed by atoms with Crippen LogP contribution in [0.3, 0.4) is 0 Å². The van der Waals surface area contributed by atoms with Gasteiger partial charge in [-0.2, -0.15) is 13.2 Å². The molecular formula is C26H14F4NO5. The highest BCUT2D eigenvalue weighted by molar-refractivity contribution is 5.82. The summed E-state index contributed by atoms with van der Waals surface area (Å²) in [5.74, 6) is -1.10. The average molecular weight is 496 g/mol. The molecule has 0 fully saturated rings. The molecule has 0 N–H and O–H groups in total. The minimum absolute atomic E-state index is 0.111. The molecule has 3 aromatic carbocycles. The molecule has 0 aliphatic heterocycles. The first-order valence-electron chi connectivity index (χ1n) is 10.5. The predicted octanol–water partition coefficient (Wildman–Crippen LogP) is 7.00. The second kappa shape index (κ2) is 8.88. The lowest BCUT2D eigenvalue weighted by Gasteiger charge is -2.07. The van der Waals surface area contributed by atoms with Crippen molar-refractivity contribution in [2.75, 3.05) is 0 Å². The van der Waals surface area contributed by atoms with Crippen LogP contribution in [0.2, 0.25) is 0 Å². The Hall–Kier alpha value is -4.60. The zero-order valence-electron chi connectivity index (χ0n) is 18.1. The van der Waals surface area contributed by atoms with Gasteiger partial charge in [0.2, 0.25) is 5.89 Å². The van der Waals surface area contributed by atoms with Gasteiger partial charge in [-0.05, 0) is 48.0 Å². The van der Waals surface area contributed by atoms with E-state index in [9.17, 15) is 27.5 Å². The second-order valence-electron chi connectivity index (χ2n) is 7.82. The van der Waals surface area contributed by atoms with Crippen molar-refractivity contribution in [2.24, 2.45) is 0 Å². The molecule has 0 amide bonds. The SMILES string of the molecule is [O]c1ccc(-c2coc3cc(OCc4coc(-c5cc(F)cc(C(F)(F)F)c5)n4)ccc3c2=O)cc1. The summed E-state index contributed by atoms with van der Waals surface area (Å²) in [6, 6.07) is 12.4. The zero-order valence-corrected chi connectivity index (χ0v) is 18.1. The maximum absolute atomic E-state index is 13.7. The minimum Gasteiger partial charge on any atom is -0.487 e. The first-order valence-corrected chi connectivity index (χ1v) is 10.5. The Kier molecular flexibility index (Phi) is 5.71. The molecule has 0 bridgehead atoms. The third-order valence-electron chi connectivity index (χ3n) is 5.32. The highest BCUT2D eigenvalue weighted by Crippen LogP contribution is 2.33. The molecule has 0 spiro atoms. The lowest BCUT2D eigenvalue weighted by Crippen LogP contribution is -2.05. The molecule has 0 unspecified atom stereocenters. The molecule has 1 radical (unpaired) electrons. The maximum atomic E-state index is 13.7. The molecule has 0 saturated heterocycles. The van der Waals surface area contributed by atoms with Crippen molar-refractivity contribution in [2.45, 2.75) is 12.8 Å². The first-order chi connectivity index (χ1) is 17.2. The second-order valence-corrected chi connectivity index (χ2v) is 7.82. The maximum Gasteiger partial charge on any atom is 0.416 e. The minimum atomic E-state index is -4.72. The molecule has 10 heteroatoms. The van der Waals surface area contributed by atoms with Crippen molar-refractivity contribution in [1.82, 2.24) is 4.98 Å². The van der Waals surface area contributed by atoms with Crippen LogP contribution >= 0.6 is 0 Å². The van der Waals surface area contributed by atoms with Gasteiger partial charge in [-0.15, -0.1) is 0 Å². The third kappa shape index (κ3) is 4.65. The van der Waals surface area contributed by atoms with Gasteiger partial charge in [-0.3, -0.25) is 9.90 Å². The van der Waals surface area contributed by atoms with Crippen LogP contribution in [0.1, 0.15) is 11.3 Å². The molecular weight excluding hydrogens is 482 g/mol. The highest BCUT2D eigenvalue weighted by atomic mass is 19.4. The normalized spacial score (nSPS) is 11.7. The molecule has 0 atom stereocenters. The van der Waals surface area contributed by atoms with E-state index >= 15 is 0 Å². The summed E-state index contributed by atoms with van der Waals surface area (Å²) >= 11 is 0. The van der Waals surface area contributed by atoms with Crippen molar-refractivity contribution in [3.05, 3.63) is 100 Å². The van der Waals surface area contributed by atoms with Crippen LogP contribution in [0, 0.1) is 5.82 Å². The summed E-state index contributed by atoms with van der Waals surface area (Å²) in [6.07, 6.45) is -2.23. The van der Waals surface area contributed by atoms with Gasteiger partial charge in [-0.25, -0.2) is 9.37 Å². The van der Waals surface area contributed by atoms with Gasteiger partial charge in [-0.1, -0.05) is 12.1 Å². The topological polar surface area (TPSA) is 85.4 Å². The molecule has 2 heterocycles. The Bertz CT molecular complexity index is 1620. The number of ether oxygens (including phenoxy) is 1. The van der Waals surface area contributed by atoms with Gasteiger partial charge in [0.05, 0.1) is 16.5 Å². The van der Waals surface area contributed by atoms with Crippen molar-refractivity contribution in [3.8, 4) is 34.1 Å². The van der Waals surface area contributed by atoms with E-state index in [4.69, 9.17) is 13.6 Å². The van der Waals surface area contributed by atoms with Gasteiger partial charge in [0.25, 0.3) is 0 Å². The summed E-state index contributed by atoms with van der Waals surface area (Å²) in [6.45, 7) is -0.111. The Morgan fingerprint density at radius 2 is 1.67 bits per heavy atom. The highest BCUT2D eigenvalue weighted by Gasteiger charge is 2.32. The van der Waals surface area contributed by atoms with Crippen LogP contribution in [-0.2, 0) is 17.9 Å².